The van der Waals surface area contributed by atoms with Gasteiger partial charge in [0.05, 0.1) is 13.1 Å². The monoisotopic (exact) mass is 191 g/mol. The Labute approximate surface area is 85.9 Å². The number of benzene rings is 1. The average Bonchev–Trinajstić information content (AvgIpc) is 2.48. The van der Waals surface area contributed by atoms with Gasteiger partial charge in [-0.2, -0.15) is 0 Å². The van der Waals surface area contributed by atoms with Crippen molar-refractivity contribution < 1.29 is 4.90 Å². The summed E-state index contributed by atoms with van der Waals surface area (Å²) in [6, 6.07) is 10.8. The summed E-state index contributed by atoms with van der Waals surface area (Å²) in [7, 11) is 0. The molecule has 1 aromatic rings. The van der Waals surface area contributed by atoms with Gasteiger partial charge in [0.1, 0.15) is 6.54 Å². The van der Waals surface area contributed by atoms with Crippen LogP contribution >= 0.6 is 0 Å². The molecule has 1 unspecified atom stereocenters. The molecule has 0 radical (unpaired) electrons. The fourth-order valence-corrected chi connectivity index (χ4v) is 2.04. The minimum absolute atomic E-state index is 1.17. The van der Waals surface area contributed by atoms with E-state index in [0.717, 1.165) is 0 Å². The largest absolute Gasteiger partial charge is 0.330 e. The highest BCUT2D eigenvalue weighted by Gasteiger charge is 2.11. The van der Waals surface area contributed by atoms with Gasteiger partial charge in [-0.1, -0.05) is 30.3 Å². The molecule has 0 saturated carbocycles. The summed E-state index contributed by atoms with van der Waals surface area (Å²) in [5, 5.41) is 3.44. The van der Waals surface area contributed by atoms with Crippen LogP contribution in [0.5, 0.6) is 0 Å². The van der Waals surface area contributed by atoms with Crippen LogP contribution in [-0.4, -0.2) is 26.2 Å². The average molecular weight is 191 g/mol. The third kappa shape index (κ3) is 2.82. The van der Waals surface area contributed by atoms with Crippen LogP contribution in [0.1, 0.15) is 12.0 Å². The van der Waals surface area contributed by atoms with Crippen molar-refractivity contribution in [2.45, 2.75) is 13.0 Å². The molecule has 2 nitrogen and oxygen atoms in total. The van der Waals surface area contributed by atoms with Gasteiger partial charge in [-0.25, -0.2) is 0 Å². The van der Waals surface area contributed by atoms with Crippen LogP contribution in [-0.2, 0) is 6.54 Å². The van der Waals surface area contributed by atoms with Gasteiger partial charge in [0.25, 0.3) is 0 Å². The highest BCUT2D eigenvalue weighted by atomic mass is 15.1. The molecule has 1 heterocycles. The van der Waals surface area contributed by atoms with E-state index in [9.17, 15) is 0 Å². The Bertz CT molecular complexity index is 250. The second-order valence-electron chi connectivity index (χ2n) is 4.02. The van der Waals surface area contributed by atoms with Gasteiger partial charge in [-0.05, 0) is 0 Å². The van der Waals surface area contributed by atoms with E-state index >= 15 is 0 Å². The SMILES string of the molecule is c1ccc(C[NH+]2CCCNCC2)cc1. The fraction of sp³-hybridized carbons (Fsp3) is 0.500. The highest BCUT2D eigenvalue weighted by Crippen LogP contribution is 1.95. The molecule has 1 fully saturated rings. The zero-order valence-electron chi connectivity index (χ0n) is 8.63. The van der Waals surface area contributed by atoms with E-state index in [1.807, 2.05) is 0 Å². The lowest BCUT2D eigenvalue weighted by Crippen LogP contribution is -3.11. The van der Waals surface area contributed by atoms with Crippen molar-refractivity contribution in [2.24, 2.45) is 0 Å². The molecule has 1 aliphatic rings. The Morgan fingerprint density at radius 2 is 1.93 bits per heavy atom. The first kappa shape index (κ1) is 9.69. The topological polar surface area (TPSA) is 16.5 Å². The molecule has 1 atom stereocenters. The van der Waals surface area contributed by atoms with Gasteiger partial charge in [0.15, 0.2) is 0 Å². The van der Waals surface area contributed by atoms with Crippen molar-refractivity contribution in [1.29, 1.82) is 0 Å². The summed E-state index contributed by atoms with van der Waals surface area (Å²) < 4.78 is 0. The molecule has 1 aliphatic heterocycles. The molecule has 0 aliphatic carbocycles. The quantitative estimate of drug-likeness (QED) is 0.676. The number of quaternary nitrogens is 1. The molecule has 0 aromatic heterocycles. The van der Waals surface area contributed by atoms with Gasteiger partial charge in [0, 0.05) is 25.1 Å². The van der Waals surface area contributed by atoms with Crippen LogP contribution in [0.3, 0.4) is 0 Å². The maximum Gasteiger partial charge on any atom is 0.103 e. The predicted octanol–water partition coefficient (Wildman–Crippen LogP) is 0.0648. The molecule has 2 heteroatoms. The second-order valence-corrected chi connectivity index (χ2v) is 4.02. The van der Waals surface area contributed by atoms with Crippen molar-refractivity contribution in [3.63, 3.8) is 0 Å². The van der Waals surface area contributed by atoms with Crippen LogP contribution in [0, 0.1) is 0 Å². The standard InChI is InChI=1S/C12H18N2/c1-2-5-12(6-3-1)11-14-9-4-7-13-8-10-14/h1-3,5-6,13H,4,7-11H2/p+1. The van der Waals surface area contributed by atoms with Gasteiger partial charge < -0.3 is 10.2 Å². The van der Waals surface area contributed by atoms with Crippen LogP contribution in [0.15, 0.2) is 30.3 Å². The van der Waals surface area contributed by atoms with Crippen LogP contribution < -0.4 is 10.2 Å². The Kier molecular flexibility index (Phi) is 3.55. The van der Waals surface area contributed by atoms with E-state index in [0.29, 0.717) is 0 Å². The predicted molar refractivity (Wildman–Crippen MR) is 58.3 cm³/mol. The first-order valence-corrected chi connectivity index (χ1v) is 5.53. The minimum atomic E-state index is 1.17. The van der Waals surface area contributed by atoms with Crippen molar-refractivity contribution in [3.8, 4) is 0 Å². The summed E-state index contributed by atoms with van der Waals surface area (Å²) >= 11 is 0. The molecule has 2 N–H and O–H groups in total. The second kappa shape index (κ2) is 5.13. The molecule has 1 aromatic carbocycles. The van der Waals surface area contributed by atoms with E-state index in [4.69, 9.17) is 0 Å². The summed E-state index contributed by atoms with van der Waals surface area (Å²) in [5.41, 5.74) is 1.46. The van der Waals surface area contributed by atoms with E-state index in [1.54, 1.807) is 4.90 Å². The molecule has 14 heavy (non-hydrogen) atoms. The fourth-order valence-electron chi connectivity index (χ4n) is 2.04. The minimum Gasteiger partial charge on any atom is -0.330 e. The highest BCUT2D eigenvalue weighted by molar-refractivity contribution is 5.13. The summed E-state index contributed by atoms with van der Waals surface area (Å²) in [5.74, 6) is 0. The maximum atomic E-state index is 3.44. The lowest BCUT2D eigenvalue weighted by molar-refractivity contribution is -0.911. The summed E-state index contributed by atoms with van der Waals surface area (Å²) in [4.78, 5) is 1.71. The Balaban J connectivity index is 1.90. The summed E-state index contributed by atoms with van der Waals surface area (Å²) in [6.45, 7) is 6.11. The van der Waals surface area contributed by atoms with Crippen molar-refractivity contribution in [1.82, 2.24) is 5.32 Å². The first-order valence-electron chi connectivity index (χ1n) is 5.53. The van der Waals surface area contributed by atoms with E-state index in [-0.39, 0.29) is 0 Å². The van der Waals surface area contributed by atoms with Gasteiger partial charge >= 0.3 is 0 Å². The Hall–Kier alpha value is -0.860. The molecule has 0 bridgehead atoms. The van der Waals surface area contributed by atoms with Crippen molar-refractivity contribution >= 4 is 0 Å². The van der Waals surface area contributed by atoms with Gasteiger partial charge in [-0.3, -0.25) is 0 Å². The van der Waals surface area contributed by atoms with E-state index in [1.165, 1.54) is 44.7 Å². The molecule has 0 spiro atoms. The molecule has 76 valence electrons. The summed E-state index contributed by atoms with van der Waals surface area (Å²) in [6.07, 6.45) is 1.31. The van der Waals surface area contributed by atoms with Crippen LogP contribution in [0.2, 0.25) is 0 Å². The number of nitrogens with one attached hydrogen (secondary N) is 2. The van der Waals surface area contributed by atoms with E-state index in [2.05, 4.69) is 35.6 Å². The zero-order chi connectivity index (χ0) is 9.64. The van der Waals surface area contributed by atoms with Crippen LogP contribution in [0.25, 0.3) is 0 Å². The molecule has 2 rings (SSSR count). The zero-order valence-corrected chi connectivity index (χ0v) is 8.63. The first-order chi connectivity index (χ1) is 6.95. The smallest absolute Gasteiger partial charge is 0.103 e. The lowest BCUT2D eigenvalue weighted by Gasteiger charge is -2.16. The maximum absolute atomic E-state index is 3.44. The van der Waals surface area contributed by atoms with E-state index < -0.39 is 0 Å². The number of rotatable bonds is 2. The number of hydrogen-bond donors (Lipinski definition) is 2. The van der Waals surface area contributed by atoms with Crippen molar-refractivity contribution in [3.05, 3.63) is 35.9 Å². The Morgan fingerprint density at radius 3 is 2.79 bits per heavy atom. The van der Waals surface area contributed by atoms with Crippen molar-refractivity contribution in [2.75, 3.05) is 26.2 Å². The number of hydrogen-bond acceptors (Lipinski definition) is 1. The van der Waals surface area contributed by atoms with Gasteiger partial charge in [0.2, 0.25) is 0 Å². The lowest BCUT2D eigenvalue weighted by atomic mass is 10.2. The van der Waals surface area contributed by atoms with Crippen LogP contribution in [0.4, 0.5) is 0 Å². The third-order valence-electron chi connectivity index (χ3n) is 2.84. The van der Waals surface area contributed by atoms with Gasteiger partial charge in [-0.15, -0.1) is 0 Å². The molecular formula is C12H19N2+. The molecule has 1 saturated heterocycles. The Morgan fingerprint density at radius 1 is 1.07 bits per heavy atom. The third-order valence-corrected chi connectivity index (χ3v) is 2.84. The molecular weight excluding hydrogens is 172 g/mol. The molecule has 0 amide bonds. The normalized spacial score (nSPS) is 23.0.